The molecule has 0 saturated heterocycles. The van der Waals surface area contributed by atoms with Crippen molar-refractivity contribution >= 4 is 39.8 Å². The summed E-state index contributed by atoms with van der Waals surface area (Å²) < 4.78 is 26.0. The van der Waals surface area contributed by atoms with Gasteiger partial charge in [-0.3, -0.25) is 4.79 Å². The van der Waals surface area contributed by atoms with Crippen molar-refractivity contribution in [3.05, 3.63) is 65.3 Å². The fourth-order valence-electron chi connectivity index (χ4n) is 2.28. The quantitative estimate of drug-likeness (QED) is 0.756. The van der Waals surface area contributed by atoms with Crippen LogP contribution >= 0.6 is 11.6 Å². The Morgan fingerprint density at radius 2 is 1.92 bits per heavy atom. The minimum Gasteiger partial charge on any atom is -0.375 e. The van der Waals surface area contributed by atoms with Crippen molar-refractivity contribution in [2.75, 3.05) is 17.2 Å². The number of halogens is 3. The minimum absolute atomic E-state index is 0.0270. The highest BCUT2D eigenvalue weighted by atomic mass is 35.5. The Balaban J connectivity index is 1.69. The van der Waals surface area contributed by atoms with Gasteiger partial charge in [0.05, 0.1) is 17.6 Å². The molecule has 4 nitrogen and oxygen atoms in total. The molecule has 0 aliphatic heterocycles. The van der Waals surface area contributed by atoms with Crippen molar-refractivity contribution in [2.24, 2.45) is 0 Å². The van der Waals surface area contributed by atoms with Gasteiger partial charge in [0.15, 0.2) is 17.8 Å². The molecule has 7 heteroatoms. The van der Waals surface area contributed by atoms with Crippen LogP contribution in [0.4, 0.5) is 20.2 Å². The van der Waals surface area contributed by atoms with E-state index >= 15 is 0 Å². The van der Waals surface area contributed by atoms with Crippen LogP contribution in [0, 0.1) is 11.6 Å². The molecule has 24 heavy (non-hydrogen) atoms. The first-order valence-electron chi connectivity index (χ1n) is 7.11. The van der Waals surface area contributed by atoms with Crippen molar-refractivity contribution in [1.29, 1.82) is 0 Å². The van der Waals surface area contributed by atoms with E-state index in [0.717, 1.165) is 28.7 Å². The van der Waals surface area contributed by atoms with E-state index in [9.17, 15) is 13.6 Å². The molecule has 3 N–H and O–H groups in total. The monoisotopic (exact) mass is 348 g/mol. The first kappa shape index (κ1) is 16.1. The van der Waals surface area contributed by atoms with Crippen LogP contribution in [0.15, 0.2) is 48.7 Å². The Morgan fingerprint density at radius 3 is 2.71 bits per heavy atom. The predicted molar refractivity (Wildman–Crippen MR) is 89.0 cm³/mol. The summed E-state index contributed by atoms with van der Waals surface area (Å²) >= 11 is 5.95. The molecule has 3 rings (SSSR count). The largest absolute Gasteiger partial charge is 0.375 e. The molecule has 0 spiro atoms. The van der Waals surface area contributed by atoms with Crippen molar-refractivity contribution in [1.82, 2.24) is 0 Å². The molecule has 2 aromatic carbocycles. The van der Waals surface area contributed by atoms with Crippen LogP contribution in [0.5, 0.6) is 0 Å². The zero-order valence-corrected chi connectivity index (χ0v) is 13.1. The number of benzene rings is 2. The van der Waals surface area contributed by atoms with Crippen LogP contribution in [-0.4, -0.2) is 12.5 Å². The Kier molecular flexibility index (Phi) is 4.57. The van der Waals surface area contributed by atoms with Gasteiger partial charge in [-0.25, -0.2) is 13.8 Å². The van der Waals surface area contributed by atoms with Crippen LogP contribution in [0.3, 0.4) is 0 Å². The summed E-state index contributed by atoms with van der Waals surface area (Å²) in [5.74, 6) is -2.35. The number of hydrogen-bond donors (Lipinski definition) is 2. The van der Waals surface area contributed by atoms with Crippen molar-refractivity contribution in [2.45, 2.75) is 0 Å². The fraction of sp³-hybridized carbons (Fsp3) is 0.0588. The summed E-state index contributed by atoms with van der Waals surface area (Å²) in [5, 5.41) is 6.99. The Labute approximate surface area is 141 Å². The van der Waals surface area contributed by atoms with Crippen LogP contribution in [0.25, 0.3) is 10.9 Å². The van der Waals surface area contributed by atoms with E-state index in [0.29, 0.717) is 5.02 Å². The van der Waals surface area contributed by atoms with E-state index in [2.05, 4.69) is 15.6 Å². The number of pyridine rings is 1. The normalized spacial score (nSPS) is 10.6. The van der Waals surface area contributed by atoms with E-state index in [1.807, 2.05) is 6.07 Å². The average Bonchev–Trinajstić information content (AvgIpc) is 2.56. The lowest BCUT2D eigenvalue weighted by molar-refractivity contribution is -0.344. The molecule has 1 amide bonds. The lowest BCUT2D eigenvalue weighted by Crippen LogP contribution is -2.22. The number of H-pyrrole nitrogens is 1. The highest BCUT2D eigenvalue weighted by Gasteiger charge is 2.09. The topological polar surface area (TPSA) is 55.3 Å². The SMILES string of the molecule is O=C(CNc1cc[nH+]c2cc(Cl)ccc12)Nc1ccc(F)c(F)c1. The number of nitrogens with one attached hydrogen (secondary N) is 3. The number of carbonyl (C=O) groups excluding carboxylic acids is 1. The molecule has 0 aliphatic carbocycles. The third-order valence-electron chi connectivity index (χ3n) is 3.40. The standard InChI is InChI=1S/C17H12ClF2N3O/c18-10-1-3-12-15(5-6-21-16(12)7-10)22-9-17(24)23-11-2-4-13(19)14(20)8-11/h1-8H,9H2,(H,21,22)(H,23,24)/p+1. The smallest absolute Gasteiger partial charge is 0.243 e. The number of aromatic amines is 1. The third-order valence-corrected chi connectivity index (χ3v) is 3.64. The second-order valence-corrected chi connectivity index (χ2v) is 5.55. The molecule has 122 valence electrons. The molecule has 3 aromatic rings. The summed E-state index contributed by atoms with van der Waals surface area (Å²) in [7, 11) is 0. The van der Waals surface area contributed by atoms with E-state index in [-0.39, 0.29) is 18.1 Å². The maximum Gasteiger partial charge on any atom is 0.243 e. The van der Waals surface area contributed by atoms with Crippen LogP contribution < -0.4 is 15.6 Å². The van der Waals surface area contributed by atoms with Gasteiger partial charge in [0.2, 0.25) is 11.4 Å². The molecule has 1 heterocycles. The highest BCUT2D eigenvalue weighted by Crippen LogP contribution is 2.22. The number of amides is 1. The van der Waals surface area contributed by atoms with Crippen LogP contribution in [0.1, 0.15) is 0 Å². The second-order valence-electron chi connectivity index (χ2n) is 5.11. The van der Waals surface area contributed by atoms with Gasteiger partial charge in [0, 0.05) is 28.9 Å². The highest BCUT2D eigenvalue weighted by molar-refractivity contribution is 6.31. The zero-order valence-electron chi connectivity index (χ0n) is 12.4. The molecule has 0 aliphatic rings. The number of aromatic nitrogens is 1. The maximum atomic E-state index is 13.1. The minimum atomic E-state index is -1.01. The summed E-state index contributed by atoms with van der Waals surface area (Å²) in [6, 6.07) is 10.4. The van der Waals surface area contributed by atoms with Gasteiger partial charge in [-0.2, -0.15) is 0 Å². The van der Waals surface area contributed by atoms with Crippen molar-refractivity contribution < 1.29 is 18.6 Å². The van der Waals surface area contributed by atoms with Crippen molar-refractivity contribution in [3.8, 4) is 0 Å². The van der Waals surface area contributed by atoms with Gasteiger partial charge in [-0.05, 0) is 24.3 Å². The molecular formula is C17H13ClF2N3O+. The fourth-order valence-corrected chi connectivity index (χ4v) is 2.46. The number of anilines is 2. The predicted octanol–water partition coefficient (Wildman–Crippen LogP) is 3.64. The summed E-state index contributed by atoms with van der Waals surface area (Å²) in [4.78, 5) is 15.0. The number of fused-ring (bicyclic) bond motifs is 1. The van der Waals surface area contributed by atoms with Crippen molar-refractivity contribution in [3.63, 3.8) is 0 Å². The number of rotatable bonds is 4. The van der Waals surface area contributed by atoms with Gasteiger partial charge in [-0.15, -0.1) is 0 Å². The Bertz CT molecular complexity index is 917. The van der Waals surface area contributed by atoms with E-state index in [4.69, 9.17) is 11.6 Å². The molecule has 0 bridgehead atoms. The molecular weight excluding hydrogens is 336 g/mol. The summed E-state index contributed by atoms with van der Waals surface area (Å²) in [6.07, 6.45) is 1.73. The van der Waals surface area contributed by atoms with Gasteiger partial charge >= 0.3 is 0 Å². The van der Waals surface area contributed by atoms with Gasteiger partial charge in [-0.1, -0.05) is 11.6 Å². The zero-order chi connectivity index (χ0) is 17.1. The molecule has 0 radical (unpaired) electrons. The first-order valence-corrected chi connectivity index (χ1v) is 7.49. The summed E-state index contributed by atoms with van der Waals surface area (Å²) in [5.41, 5.74) is 1.77. The van der Waals surface area contributed by atoms with Gasteiger partial charge in [0.25, 0.3) is 0 Å². The van der Waals surface area contributed by atoms with E-state index < -0.39 is 11.6 Å². The van der Waals surface area contributed by atoms with E-state index in [1.165, 1.54) is 6.07 Å². The molecule has 0 fully saturated rings. The first-order chi connectivity index (χ1) is 11.5. The molecule has 0 atom stereocenters. The van der Waals surface area contributed by atoms with E-state index in [1.54, 1.807) is 24.4 Å². The third kappa shape index (κ3) is 3.60. The lowest BCUT2D eigenvalue weighted by atomic mass is 10.2. The van der Waals surface area contributed by atoms with Gasteiger partial charge in [0.1, 0.15) is 0 Å². The van der Waals surface area contributed by atoms with Crippen LogP contribution in [0.2, 0.25) is 5.02 Å². The Hall–Kier alpha value is -2.73. The maximum absolute atomic E-state index is 13.1. The number of hydrogen-bond acceptors (Lipinski definition) is 2. The van der Waals surface area contributed by atoms with Gasteiger partial charge < -0.3 is 10.6 Å². The molecule has 1 aromatic heterocycles. The lowest BCUT2D eigenvalue weighted by Gasteiger charge is -2.09. The molecule has 0 saturated carbocycles. The summed E-state index contributed by atoms with van der Waals surface area (Å²) in [6.45, 7) is -0.0270. The number of carbonyl (C=O) groups is 1. The van der Waals surface area contributed by atoms with Crippen LogP contribution in [-0.2, 0) is 4.79 Å². The Morgan fingerprint density at radius 1 is 1.08 bits per heavy atom. The average molecular weight is 349 g/mol. The second kappa shape index (κ2) is 6.80. The molecule has 0 unspecified atom stereocenters.